The molecule has 0 heterocycles. The molecule has 0 aliphatic heterocycles. The molecule has 33 heavy (non-hydrogen) atoms. The number of hydrogen-bond donors (Lipinski definition) is 3. The van der Waals surface area contributed by atoms with Crippen molar-refractivity contribution in [2.75, 3.05) is 11.1 Å². The Bertz CT molecular complexity index is 1580. The van der Waals surface area contributed by atoms with Gasteiger partial charge in [-0.15, -0.1) is 0 Å². The van der Waals surface area contributed by atoms with Crippen molar-refractivity contribution in [2.45, 2.75) is 9.79 Å². The van der Waals surface area contributed by atoms with Crippen LogP contribution in [-0.4, -0.2) is 33.0 Å². The Morgan fingerprint density at radius 1 is 0.818 bits per heavy atom. The third-order valence-electron chi connectivity index (χ3n) is 5.12. The van der Waals surface area contributed by atoms with Crippen LogP contribution in [0, 0.1) is 0 Å². The summed E-state index contributed by atoms with van der Waals surface area (Å²) in [7, 11) is -9.73. The van der Waals surface area contributed by atoms with Crippen LogP contribution in [0.25, 0.3) is 0 Å². The number of sulfone groups is 1. The van der Waals surface area contributed by atoms with Gasteiger partial charge in [0.25, 0.3) is 10.1 Å². The normalized spacial score (nSPS) is 13.2. The molecule has 0 fully saturated rings. The standard InChI is InChI=1S/C22H16N2O7S2/c1-2-32(27,28)21-16-15(19(25)13-10-6-7-11-14(13)20(16)26)17(23)22(33(29,30)31)18(21)24-12-8-4-3-5-9-12/h2-11,24H,1,23H2,(H,29,30,31). The van der Waals surface area contributed by atoms with Gasteiger partial charge in [-0.25, -0.2) is 8.42 Å². The zero-order valence-corrected chi connectivity index (χ0v) is 18.4. The van der Waals surface area contributed by atoms with E-state index in [1.165, 1.54) is 36.4 Å². The Kier molecular flexibility index (Phi) is 5.20. The van der Waals surface area contributed by atoms with Crippen molar-refractivity contribution >= 4 is 48.6 Å². The molecular weight excluding hydrogens is 468 g/mol. The van der Waals surface area contributed by atoms with E-state index in [0.717, 1.165) is 0 Å². The Balaban J connectivity index is 2.25. The highest BCUT2D eigenvalue weighted by atomic mass is 32.2. The summed E-state index contributed by atoms with van der Waals surface area (Å²) in [5, 5.41) is 3.14. The van der Waals surface area contributed by atoms with Gasteiger partial charge in [0.15, 0.2) is 11.6 Å². The van der Waals surface area contributed by atoms with E-state index in [4.69, 9.17) is 5.73 Å². The molecule has 0 spiro atoms. The molecule has 4 rings (SSSR count). The number of fused-ring (bicyclic) bond motifs is 2. The molecule has 0 radical (unpaired) electrons. The lowest BCUT2D eigenvalue weighted by atomic mass is 9.83. The van der Waals surface area contributed by atoms with E-state index in [1.807, 2.05) is 0 Å². The number of nitrogen functional groups attached to an aromatic ring is 1. The second-order valence-electron chi connectivity index (χ2n) is 7.08. The average Bonchev–Trinajstić information content (AvgIpc) is 2.76. The molecule has 1 aliphatic rings. The summed E-state index contributed by atoms with van der Waals surface area (Å²) in [5.41, 5.74) is 3.49. The van der Waals surface area contributed by atoms with Gasteiger partial charge in [0, 0.05) is 22.2 Å². The van der Waals surface area contributed by atoms with Crippen LogP contribution < -0.4 is 11.1 Å². The molecule has 0 saturated carbocycles. The minimum atomic E-state index is -5.18. The first kappa shape index (κ1) is 22.4. The van der Waals surface area contributed by atoms with Crippen LogP contribution in [0.15, 0.2) is 76.4 Å². The molecule has 0 unspecified atom stereocenters. The van der Waals surface area contributed by atoms with Gasteiger partial charge in [0.1, 0.15) is 9.79 Å². The first-order valence-electron chi connectivity index (χ1n) is 9.34. The van der Waals surface area contributed by atoms with Gasteiger partial charge in [-0.1, -0.05) is 49.0 Å². The topological polar surface area (TPSA) is 161 Å². The second-order valence-corrected chi connectivity index (χ2v) is 10.3. The quantitative estimate of drug-likeness (QED) is 0.286. The molecule has 0 saturated heterocycles. The maximum Gasteiger partial charge on any atom is 0.298 e. The highest BCUT2D eigenvalue weighted by Crippen LogP contribution is 2.45. The summed E-state index contributed by atoms with van der Waals surface area (Å²) in [6.45, 7) is 3.25. The minimum Gasteiger partial charge on any atom is -0.397 e. The maximum atomic E-state index is 13.4. The van der Waals surface area contributed by atoms with Crippen LogP contribution in [0.4, 0.5) is 17.1 Å². The third-order valence-corrected chi connectivity index (χ3v) is 7.48. The Labute approximate surface area is 189 Å². The second kappa shape index (κ2) is 7.66. The smallest absolute Gasteiger partial charge is 0.298 e. The summed E-state index contributed by atoms with van der Waals surface area (Å²) >= 11 is 0. The first-order chi connectivity index (χ1) is 15.5. The maximum absolute atomic E-state index is 13.4. The van der Waals surface area contributed by atoms with Crippen molar-refractivity contribution < 1.29 is 31.0 Å². The van der Waals surface area contributed by atoms with Gasteiger partial charge in [-0.2, -0.15) is 8.42 Å². The van der Waals surface area contributed by atoms with Crippen LogP contribution in [0.2, 0.25) is 0 Å². The highest BCUT2D eigenvalue weighted by Gasteiger charge is 2.42. The molecule has 168 valence electrons. The number of benzene rings is 3. The van der Waals surface area contributed by atoms with E-state index < -0.39 is 63.8 Å². The lowest BCUT2D eigenvalue weighted by Crippen LogP contribution is -2.27. The van der Waals surface area contributed by atoms with Gasteiger partial charge in [-0.3, -0.25) is 14.1 Å². The van der Waals surface area contributed by atoms with Crippen LogP contribution >= 0.6 is 0 Å². The predicted octanol–water partition coefficient (Wildman–Crippen LogP) is 2.95. The Morgan fingerprint density at radius 3 is 1.85 bits per heavy atom. The summed E-state index contributed by atoms with van der Waals surface area (Å²) in [6.07, 6.45) is 0. The summed E-state index contributed by atoms with van der Waals surface area (Å²) in [6, 6.07) is 13.5. The molecule has 0 atom stereocenters. The lowest BCUT2D eigenvalue weighted by molar-refractivity contribution is 0.0977. The van der Waals surface area contributed by atoms with E-state index in [-0.39, 0.29) is 16.8 Å². The molecule has 0 aromatic heterocycles. The van der Waals surface area contributed by atoms with Gasteiger partial charge < -0.3 is 11.1 Å². The van der Waals surface area contributed by atoms with Gasteiger partial charge in [-0.05, 0) is 12.1 Å². The molecule has 3 aromatic rings. The fourth-order valence-electron chi connectivity index (χ4n) is 3.74. The molecule has 0 bridgehead atoms. The highest BCUT2D eigenvalue weighted by molar-refractivity contribution is 7.94. The first-order valence-corrected chi connectivity index (χ1v) is 12.3. The molecule has 1 aliphatic carbocycles. The number of carbonyl (C=O) groups is 2. The zero-order valence-electron chi connectivity index (χ0n) is 16.8. The van der Waals surface area contributed by atoms with Crippen LogP contribution in [-0.2, 0) is 20.0 Å². The van der Waals surface area contributed by atoms with Gasteiger partial charge in [0.05, 0.1) is 22.5 Å². The number of nitrogens with two attached hydrogens (primary N) is 1. The molecule has 3 aromatic carbocycles. The van der Waals surface area contributed by atoms with Crippen LogP contribution in [0.3, 0.4) is 0 Å². The van der Waals surface area contributed by atoms with Crippen molar-refractivity contribution in [1.29, 1.82) is 0 Å². The van der Waals surface area contributed by atoms with Crippen molar-refractivity contribution in [3.8, 4) is 0 Å². The van der Waals surface area contributed by atoms with E-state index in [2.05, 4.69) is 11.9 Å². The SMILES string of the molecule is C=CS(=O)(=O)c1c(Nc2ccccc2)c(S(=O)(=O)O)c(N)c2c1C(=O)c1ccccc1C2=O. The fraction of sp³-hybridized carbons (Fsp3) is 0. The van der Waals surface area contributed by atoms with Gasteiger partial charge in [0.2, 0.25) is 9.84 Å². The van der Waals surface area contributed by atoms with Gasteiger partial charge >= 0.3 is 0 Å². The number of rotatable bonds is 5. The predicted molar refractivity (Wildman–Crippen MR) is 121 cm³/mol. The van der Waals surface area contributed by atoms with E-state index in [1.54, 1.807) is 18.2 Å². The number of anilines is 3. The molecule has 9 nitrogen and oxygen atoms in total. The van der Waals surface area contributed by atoms with E-state index >= 15 is 0 Å². The van der Waals surface area contributed by atoms with E-state index in [9.17, 15) is 31.0 Å². The fourth-order valence-corrected chi connectivity index (χ4v) is 5.68. The monoisotopic (exact) mass is 484 g/mol. The summed E-state index contributed by atoms with van der Waals surface area (Å²) in [4.78, 5) is 24.8. The average molecular weight is 485 g/mol. The summed E-state index contributed by atoms with van der Waals surface area (Å²) in [5.74, 6) is -1.69. The number of ketones is 2. The zero-order chi connectivity index (χ0) is 24.1. The van der Waals surface area contributed by atoms with Crippen molar-refractivity contribution in [1.82, 2.24) is 0 Å². The van der Waals surface area contributed by atoms with Crippen molar-refractivity contribution in [3.63, 3.8) is 0 Å². The van der Waals surface area contributed by atoms with Crippen LogP contribution in [0.1, 0.15) is 31.8 Å². The number of para-hydroxylation sites is 1. The largest absolute Gasteiger partial charge is 0.397 e. The number of hydrogen-bond acceptors (Lipinski definition) is 8. The number of carbonyl (C=O) groups excluding carboxylic acids is 2. The van der Waals surface area contributed by atoms with E-state index in [0.29, 0.717) is 5.41 Å². The minimum absolute atomic E-state index is 0.0693. The molecular formula is C22H16N2O7S2. The summed E-state index contributed by atoms with van der Waals surface area (Å²) < 4.78 is 60.9. The third kappa shape index (κ3) is 3.52. The van der Waals surface area contributed by atoms with Crippen molar-refractivity contribution in [3.05, 3.63) is 88.8 Å². The molecule has 0 amide bonds. The Hall–Kier alpha value is -3.80. The lowest BCUT2D eigenvalue weighted by Gasteiger charge is -2.26. The van der Waals surface area contributed by atoms with Crippen molar-refractivity contribution in [2.24, 2.45) is 0 Å². The van der Waals surface area contributed by atoms with Crippen LogP contribution in [0.5, 0.6) is 0 Å². The Morgan fingerprint density at radius 2 is 1.33 bits per heavy atom. The molecule has 11 heteroatoms. The number of nitrogens with one attached hydrogen (secondary N) is 1. The molecule has 4 N–H and O–H groups in total.